The number of aromatic nitrogens is 2. The molecule has 1 aromatic rings. The van der Waals surface area contributed by atoms with Crippen molar-refractivity contribution in [2.75, 3.05) is 33.1 Å². The zero-order chi connectivity index (χ0) is 10.1. The molecule has 0 aliphatic carbocycles. The van der Waals surface area contributed by atoms with E-state index in [9.17, 15) is 0 Å². The molecule has 1 aliphatic heterocycles. The molecule has 1 aliphatic rings. The van der Waals surface area contributed by atoms with Gasteiger partial charge in [0.05, 0.1) is 18.8 Å². The second-order valence-corrected chi connectivity index (χ2v) is 3.72. The minimum absolute atomic E-state index is 0.409. The molecule has 0 saturated carbocycles. The lowest BCUT2D eigenvalue weighted by molar-refractivity contribution is 0.121. The summed E-state index contributed by atoms with van der Waals surface area (Å²) in [5.41, 5.74) is 0.960. The van der Waals surface area contributed by atoms with Gasteiger partial charge >= 0.3 is 0 Å². The Hall–Kier alpha value is -1.23. The molecular weight excluding hydrogens is 180 g/mol. The first-order valence-electron chi connectivity index (χ1n) is 4.75. The molecule has 5 nitrogen and oxygen atoms in total. The third-order valence-electron chi connectivity index (χ3n) is 2.59. The van der Waals surface area contributed by atoms with Gasteiger partial charge in [0.2, 0.25) is 5.88 Å². The third-order valence-corrected chi connectivity index (χ3v) is 2.59. The number of rotatable bonds is 2. The minimum atomic E-state index is 0.409. The molecule has 0 amide bonds. The van der Waals surface area contributed by atoms with Gasteiger partial charge in [-0.05, 0) is 14.1 Å². The molecule has 5 heteroatoms. The molecule has 0 aromatic carbocycles. The molecule has 1 unspecified atom stereocenters. The summed E-state index contributed by atoms with van der Waals surface area (Å²) in [6.07, 6.45) is 1.80. The van der Waals surface area contributed by atoms with Gasteiger partial charge in [0.15, 0.2) is 0 Å². The van der Waals surface area contributed by atoms with E-state index in [0.717, 1.165) is 24.7 Å². The number of nitrogens with zero attached hydrogens (tertiary/aromatic N) is 3. The summed E-state index contributed by atoms with van der Waals surface area (Å²) in [5.74, 6) is 0.852. The van der Waals surface area contributed by atoms with Crippen LogP contribution < -0.4 is 10.1 Å². The zero-order valence-electron chi connectivity index (χ0n) is 8.82. The molecular formula is C9H16N4O. The third kappa shape index (κ3) is 1.43. The molecule has 0 radical (unpaired) electrons. The lowest BCUT2D eigenvalue weighted by atomic mass is 10.2. The predicted molar refractivity (Wildman–Crippen MR) is 54.7 cm³/mol. The van der Waals surface area contributed by atoms with Gasteiger partial charge in [-0.25, -0.2) is 4.68 Å². The van der Waals surface area contributed by atoms with Gasteiger partial charge in [-0.2, -0.15) is 5.10 Å². The molecule has 0 fully saturated rings. The van der Waals surface area contributed by atoms with E-state index in [2.05, 4.69) is 29.4 Å². The van der Waals surface area contributed by atoms with Crippen molar-refractivity contribution in [2.45, 2.75) is 12.6 Å². The highest BCUT2D eigenvalue weighted by Crippen LogP contribution is 2.27. The Morgan fingerprint density at radius 3 is 3.07 bits per heavy atom. The van der Waals surface area contributed by atoms with Crippen molar-refractivity contribution in [2.24, 2.45) is 0 Å². The first-order chi connectivity index (χ1) is 6.72. The normalized spacial score (nSPS) is 20.4. The first kappa shape index (κ1) is 9.33. The Morgan fingerprint density at radius 2 is 2.43 bits per heavy atom. The van der Waals surface area contributed by atoms with E-state index in [1.54, 1.807) is 6.20 Å². The summed E-state index contributed by atoms with van der Waals surface area (Å²) in [6, 6.07) is 0.409. The lowest BCUT2D eigenvalue weighted by Gasteiger charge is -2.29. The summed E-state index contributed by atoms with van der Waals surface area (Å²) < 4.78 is 7.56. The van der Waals surface area contributed by atoms with Crippen LogP contribution in [0.1, 0.15) is 0 Å². The predicted octanol–water partition coefficient (Wildman–Crippen LogP) is 0.247. The van der Waals surface area contributed by atoms with E-state index in [0.29, 0.717) is 6.04 Å². The van der Waals surface area contributed by atoms with Gasteiger partial charge in [0.25, 0.3) is 0 Å². The molecule has 0 bridgehead atoms. The van der Waals surface area contributed by atoms with Crippen LogP contribution in [0.15, 0.2) is 6.20 Å². The average molecular weight is 196 g/mol. The van der Waals surface area contributed by atoms with Crippen LogP contribution in [-0.4, -0.2) is 48.5 Å². The Morgan fingerprint density at radius 1 is 1.64 bits per heavy atom. The Kier molecular flexibility index (Phi) is 2.33. The maximum atomic E-state index is 5.66. The van der Waals surface area contributed by atoms with Gasteiger partial charge in [0, 0.05) is 7.05 Å². The second kappa shape index (κ2) is 3.49. The van der Waals surface area contributed by atoms with Crippen LogP contribution in [0.25, 0.3) is 0 Å². The average Bonchev–Trinajstić information content (AvgIpc) is 2.59. The Bertz CT molecular complexity index is 321. The maximum absolute atomic E-state index is 5.66. The fraction of sp³-hybridized carbons (Fsp3) is 0.667. The number of nitrogens with one attached hydrogen (secondary N) is 1. The number of ether oxygens (including phenoxy) is 1. The largest absolute Gasteiger partial charge is 0.475 e. The fourth-order valence-electron chi connectivity index (χ4n) is 1.57. The quantitative estimate of drug-likeness (QED) is 0.736. The Labute approximate surface area is 83.6 Å². The monoisotopic (exact) mass is 196 g/mol. The van der Waals surface area contributed by atoms with Crippen LogP contribution in [0.4, 0.5) is 5.69 Å². The Balaban J connectivity index is 2.20. The van der Waals surface area contributed by atoms with Crippen LogP contribution >= 0.6 is 0 Å². The first-order valence-corrected chi connectivity index (χ1v) is 4.75. The lowest BCUT2D eigenvalue weighted by Crippen LogP contribution is -2.41. The smallest absolute Gasteiger partial charge is 0.236 e. The molecule has 2 heterocycles. The number of fused-ring (bicyclic) bond motifs is 1. The highest BCUT2D eigenvalue weighted by molar-refractivity contribution is 5.51. The van der Waals surface area contributed by atoms with Gasteiger partial charge in [-0.1, -0.05) is 0 Å². The summed E-state index contributed by atoms with van der Waals surface area (Å²) >= 11 is 0. The number of anilines is 1. The van der Waals surface area contributed by atoms with E-state index in [-0.39, 0.29) is 0 Å². The number of hydrogen-bond acceptors (Lipinski definition) is 4. The standard InChI is InChI=1S/C9H16N4O/c1-10-8-4-11-13-5-7(12(2)3)6-14-9(8)13/h4,7,10H,5-6H2,1-3H3. The number of hydrogen-bond donors (Lipinski definition) is 1. The van der Waals surface area contributed by atoms with E-state index >= 15 is 0 Å². The van der Waals surface area contributed by atoms with E-state index in [1.807, 2.05) is 11.7 Å². The summed E-state index contributed by atoms with van der Waals surface area (Å²) in [6.45, 7) is 1.62. The molecule has 1 atom stereocenters. The molecule has 1 N–H and O–H groups in total. The van der Waals surface area contributed by atoms with Gasteiger partial charge in [-0.3, -0.25) is 0 Å². The van der Waals surface area contributed by atoms with Crippen molar-refractivity contribution in [1.82, 2.24) is 14.7 Å². The number of likely N-dealkylation sites (N-methyl/N-ethyl adjacent to an activating group) is 1. The molecule has 0 spiro atoms. The molecule has 78 valence electrons. The summed E-state index contributed by atoms with van der Waals surface area (Å²) in [4.78, 5) is 2.16. The summed E-state index contributed by atoms with van der Waals surface area (Å²) in [5, 5.41) is 7.32. The molecule has 0 saturated heterocycles. The van der Waals surface area contributed by atoms with Crippen molar-refractivity contribution >= 4 is 5.69 Å². The van der Waals surface area contributed by atoms with Crippen LogP contribution in [-0.2, 0) is 6.54 Å². The SMILES string of the molecule is CNc1cnn2c1OCC(N(C)C)C2. The fourth-order valence-corrected chi connectivity index (χ4v) is 1.57. The summed E-state index contributed by atoms with van der Waals surface area (Å²) in [7, 11) is 5.99. The zero-order valence-corrected chi connectivity index (χ0v) is 8.82. The van der Waals surface area contributed by atoms with Gasteiger partial charge < -0.3 is 15.0 Å². The van der Waals surface area contributed by atoms with Crippen LogP contribution in [0, 0.1) is 0 Å². The van der Waals surface area contributed by atoms with Crippen LogP contribution in [0.3, 0.4) is 0 Å². The van der Waals surface area contributed by atoms with Crippen molar-refractivity contribution < 1.29 is 4.74 Å². The molecule has 14 heavy (non-hydrogen) atoms. The van der Waals surface area contributed by atoms with E-state index in [4.69, 9.17) is 4.74 Å². The van der Waals surface area contributed by atoms with Crippen LogP contribution in [0.5, 0.6) is 5.88 Å². The van der Waals surface area contributed by atoms with Gasteiger partial charge in [-0.15, -0.1) is 0 Å². The van der Waals surface area contributed by atoms with E-state index in [1.165, 1.54) is 0 Å². The maximum Gasteiger partial charge on any atom is 0.236 e. The van der Waals surface area contributed by atoms with Crippen molar-refractivity contribution in [3.63, 3.8) is 0 Å². The van der Waals surface area contributed by atoms with Crippen molar-refractivity contribution in [1.29, 1.82) is 0 Å². The van der Waals surface area contributed by atoms with Gasteiger partial charge in [0.1, 0.15) is 12.3 Å². The van der Waals surface area contributed by atoms with Crippen molar-refractivity contribution in [3.8, 4) is 5.88 Å². The minimum Gasteiger partial charge on any atom is -0.475 e. The molecule has 2 rings (SSSR count). The van der Waals surface area contributed by atoms with E-state index < -0.39 is 0 Å². The topological polar surface area (TPSA) is 42.3 Å². The highest BCUT2D eigenvalue weighted by atomic mass is 16.5. The molecule has 1 aromatic heterocycles. The second-order valence-electron chi connectivity index (χ2n) is 3.72. The highest BCUT2D eigenvalue weighted by Gasteiger charge is 2.23. The van der Waals surface area contributed by atoms with Crippen molar-refractivity contribution in [3.05, 3.63) is 6.20 Å². The van der Waals surface area contributed by atoms with Crippen LogP contribution in [0.2, 0.25) is 0 Å².